The van der Waals surface area contributed by atoms with Crippen molar-refractivity contribution in [3.63, 3.8) is 0 Å². The van der Waals surface area contributed by atoms with Crippen LogP contribution in [0.2, 0.25) is 0 Å². The summed E-state index contributed by atoms with van der Waals surface area (Å²) in [6.45, 7) is 0. The fourth-order valence-electron chi connectivity index (χ4n) is 2.99. The maximum absolute atomic E-state index is 8.49. The minimum Gasteiger partial charge on any atom is -0.245 e. The summed E-state index contributed by atoms with van der Waals surface area (Å²) < 4.78 is 34.0. The molecule has 158 valence electrons. The molecule has 1 heterocycles. The summed E-state index contributed by atoms with van der Waals surface area (Å²) >= 11 is 1.83. The van der Waals surface area contributed by atoms with Crippen molar-refractivity contribution in [3.05, 3.63) is 119 Å². The van der Waals surface area contributed by atoms with Crippen LogP contribution in [0.25, 0.3) is 9.81 Å². The van der Waals surface area contributed by atoms with Gasteiger partial charge in [-0.1, -0.05) is 72.4 Å². The van der Waals surface area contributed by atoms with E-state index >= 15 is 0 Å². The average Bonchev–Trinajstić information content (AvgIpc) is 2.79. The third kappa shape index (κ3) is 7.18. The first-order valence-electron chi connectivity index (χ1n) is 9.32. The zero-order chi connectivity index (χ0) is 22.3. The Morgan fingerprint density at radius 1 is 0.645 bits per heavy atom. The zero-order valence-corrected chi connectivity index (χ0v) is 18.2. The Hall–Kier alpha value is -2.71. The predicted molar refractivity (Wildman–Crippen MR) is 114 cm³/mol. The van der Waals surface area contributed by atoms with Gasteiger partial charge in [0.05, 0.1) is 0 Å². The van der Waals surface area contributed by atoms with Crippen molar-refractivity contribution in [3.8, 4) is 0 Å². The van der Waals surface area contributed by atoms with Gasteiger partial charge in [0.2, 0.25) is 0 Å². The largest absolute Gasteiger partial charge is 0.245 e. The van der Waals surface area contributed by atoms with Crippen LogP contribution in [0.1, 0.15) is 11.1 Å². The zero-order valence-electron chi connectivity index (χ0n) is 16.7. The third-order valence-corrected chi connectivity index (χ3v) is 5.56. The van der Waals surface area contributed by atoms with Crippen LogP contribution in [-0.4, -0.2) is 12.8 Å². The average molecular weight is 454 g/mol. The first-order valence-corrected chi connectivity index (χ1v) is 11.4. The molecule has 0 radical (unpaired) electrons. The molecule has 0 saturated heterocycles. The lowest BCUT2D eigenvalue weighted by Gasteiger charge is -2.18. The molecular weight excluding hydrogens is 434 g/mol. The summed E-state index contributed by atoms with van der Waals surface area (Å²) in [5, 5.41) is 0. The van der Waals surface area contributed by atoms with E-state index in [0.29, 0.717) is 0 Å². The van der Waals surface area contributed by atoms with Crippen molar-refractivity contribution in [1.82, 2.24) is 0 Å². The molecule has 1 aliphatic heterocycles. The summed E-state index contributed by atoms with van der Waals surface area (Å²) in [4.78, 5) is 5.74. The number of halogens is 1. The summed E-state index contributed by atoms with van der Waals surface area (Å²) in [5.74, 6) is 0. The maximum atomic E-state index is 8.49. The number of thioether (sulfide) groups is 1. The predicted octanol–water partition coefficient (Wildman–Crippen LogP) is -0.367. The molecule has 0 spiro atoms. The first kappa shape index (κ1) is 23.0. The summed E-state index contributed by atoms with van der Waals surface area (Å²) in [5.41, 5.74) is 6.10. The molecule has 0 unspecified atom stereocenters. The second-order valence-corrected chi connectivity index (χ2v) is 8.35. The Kier molecular flexibility index (Phi) is 7.81. The second-order valence-electron chi connectivity index (χ2n) is 6.51. The molecule has 0 atom stereocenters. The molecule has 5 nitrogen and oxygen atoms in total. The van der Waals surface area contributed by atoms with Gasteiger partial charge < -0.3 is 0 Å². The van der Waals surface area contributed by atoms with Gasteiger partial charge in [-0.05, 0) is 46.6 Å². The van der Waals surface area contributed by atoms with Crippen LogP contribution >= 0.6 is 11.8 Å². The van der Waals surface area contributed by atoms with E-state index in [1.54, 1.807) is 0 Å². The standard InChI is InChI=1S/C24H19NS.ClHO4/c1-25-22-14-12-18(13-15-22)21-16-23(19-8-4-2-5-9-19)26-24(17-21)20-10-6-3-7-11-20;2-1(3,4)5/h2-17H,1H3;(H,2,3,4,5). The summed E-state index contributed by atoms with van der Waals surface area (Å²) in [6, 6.07) is 21.2. The molecule has 0 amide bonds. The van der Waals surface area contributed by atoms with Crippen molar-refractivity contribution < 1.29 is 33.9 Å². The topological polar surface area (TPSA) is 106 Å². The number of nitrogens with one attached hydrogen (secondary N) is 1. The van der Waals surface area contributed by atoms with Gasteiger partial charge in [0.1, 0.15) is 7.05 Å². The van der Waals surface area contributed by atoms with Gasteiger partial charge in [0.15, 0.2) is 5.71 Å². The normalized spacial score (nSPS) is 15.7. The summed E-state index contributed by atoms with van der Waals surface area (Å²) in [7, 11) is -3.00. The first-order chi connectivity index (χ1) is 14.8. The molecule has 0 fully saturated rings. The molecule has 7 heteroatoms. The Morgan fingerprint density at radius 3 is 1.45 bits per heavy atom. The highest BCUT2D eigenvalue weighted by Crippen LogP contribution is 2.44. The molecule has 31 heavy (non-hydrogen) atoms. The maximum Gasteiger partial charge on any atom is 0.198 e. The van der Waals surface area contributed by atoms with Crippen molar-refractivity contribution in [2.45, 2.75) is 0 Å². The lowest BCUT2D eigenvalue weighted by atomic mass is 9.99. The minimum absolute atomic E-state index is 1.12. The highest BCUT2D eigenvalue weighted by molar-refractivity contribution is 8.16. The third-order valence-electron chi connectivity index (χ3n) is 4.42. The van der Waals surface area contributed by atoms with Crippen molar-refractivity contribution >= 4 is 27.3 Å². The SMILES string of the molecule is C[NH+]=C1C=CC(=C2C=C(c3ccccc3)SC(c3ccccc3)=C2)C=C1.[O-][Cl+3]([O-])([O-])[O-]. The van der Waals surface area contributed by atoms with Crippen molar-refractivity contribution in [2.75, 3.05) is 7.05 Å². The van der Waals surface area contributed by atoms with E-state index in [1.165, 1.54) is 32.1 Å². The monoisotopic (exact) mass is 453 g/mol. The molecule has 2 aliphatic rings. The van der Waals surface area contributed by atoms with Crippen LogP contribution in [0.4, 0.5) is 0 Å². The Labute approximate surface area is 187 Å². The Bertz CT molecular complexity index is 1010. The van der Waals surface area contributed by atoms with Gasteiger partial charge in [0.25, 0.3) is 0 Å². The van der Waals surface area contributed by atoms with Gasteiger partial charge in [-0.2, -0.15) is 0 Å². The number of benzene rings is 2. The van der Waals surface area contributed by atoms with Crippen LogP contribution in [0, 0.1) is 10.2 Å². The van der Waals surface area contributed by atoms with Crippen LogP contribution in [0.3, 0.4) is 0 Å². The van der Waals surface area contributed by atoms with Crippen LogP contribution in [-0.2, 0) is 0 Å². The highest BCUT2D eigenvalue weighted by atomic mass is 35.7. The van der Waals surface area contributed by atoms with Gasteiger partial charge >= 0.3 is 0 Å². The molecule has 4 rings (SSSR count). The van der Waals surface area contributed by atoms with Gasteiger partial charge in [-0.15, -0.1) is 10.2 Å². The molecule has 0 bridgehead atoms. The van der Waals surface area contributed by atoms with Gasteiger partial charge in [-0.25, -0.2) is 23.6 Å². The Morgan fingerprint density at radius 2 is 1.06 bits per heavy atom. The number of hydrogen-bond donors (Lipinski definition) is 1. The lowest BCUT2D eigenvalue weighted by molar-refractivity contribution is -2.00. The fourth-order valence-corrected chi connectivity index (χ4v) is 4.10. The van der Waals surface area contributed by atoms with E-state index in [4.69, 9.17) is 18.6 Å². The lowest BCUT2D eigenvalue weighted by Crippen LogP contribution is -2.68. The molecule has 2 aromatic rings. The van der Waals surface area contributed by atoms with E-state index in [-0.39, 0.29) is 0 Å². The van der Waals surface area contributed by atoms with Crippen LogP contribution in [0.5, 0.6) is 0 Å². The smallest absolute Gasteiger partial charge is 0.198 e. The van der Waals surface area contributed by atoms with Crippen LogP contribution in [0.15, 0.2) is 108 Å². The van der Waals surface area contributed by atoms with E-state index in [2.05, 4.69) is 102 Å². The van der Waals surface area contributed by atoms with Gasteiger partial charge in [-0.3, -0.25) is 0 Å². The van der Waals surface area contributed by atoms with Crippen molar-refractivity contribution in [1.29, 1.82) is 0 Å². The van der Waals surface area contributed by atoms with E-state index in [0.717, 1.165) is 5.71 Å². The molecular formula is C24H20ClNO4S. The molecule has 0 saturated carbocycles. The number of rotatable bonds is 2. The molecule has 2 aromatic carbocycles. The number of allylic oxidation sites excluding steroid dienone is 8. The minimum atomic E-state index is -4.94. The number of hydrogen-bond acceptors (Lipinski definition) is 5. The quantitative estimate of drug-likeness (QED) is 0.668. The van der Waals surface area contributed by atoms with E-state index in [9.17, 15) is 0 Å². The molecule has 1 N–H and O–H groups in total. The van der Waals surface area contributed by atoms with Gasteiger partial charge in [0, 0.05) is 22.0 Å². The van der Waals surface area contributed by atoms with Crippen LogP contribution < -0.4 is 23.6 Å². The molecule has 0 aromatic heterocycles. The van der Waals surface area contributed by atoms with E-state index in [1.807, 2.05) is 18.8 Å². The van der Waals surface area contributed by atoms with Crippen molar-refractivity contribution in [2.24, 2.45) is 0 Å². The van der Waals surface area contributed by atoms with E-state index < -0.39 is 10.2 Å². The highest BCUT2D eigenvalue weighted by Gasteiger charge is 2.16. The Balaban J connectivity index is 0.000000491. The summed E-state index contributed by atoms with van der Waals surface area (Å²) in [6.07, 6.45) is 13.2. The molecule has 1 aliphatic carbocycles. The fraction of sp³-hybridized carbons (Fsp3) is 0.0417. The second kappa shape index (κ2) is 10.5.